The van der Waals surface area contributed by atoms with Crippen LogP contribution in [0.1, 0.15) is 20.3 Å². The summed E-state index contributed by atoms with van der Waals surface area (Å²) in [4.78, 5) is 27.8. The largest absolute Gasteiger partial charge is 0.339 e. The smallest absolute Gasteiger partial charge is 0.225 e. The van der Waals surface area contributed by atoms with Crippen LogP contribution in [-0.4, -0.2) is 62.0 Å². The molecule has 0 N–H and O–H groups in total. The van der Waals surface area contributed by atoms with Gasteiger partial charge in [-0.05, 0) is 24.3 Å². The Balaban J connectivity index is 1.87. The number of hydrogen-bond acceptors (Lipinski definition) is 4. The van der Waals surface area contributed by atoms with Crippen LogP contribution in [0.4, 0.5) is 0 Å². The van der Waals surface area contributed by atoms with E-state index in [0.29, 0.717) is 31.2 Å². The molecule has 0 atom stereocenters. The topological polar surface area (TPSA) is 74.8 Å². The average Bonchev–Trinajstić information content (AvgIpc) is 2.59. The van der Waals surface area contributed by atoms with Crippen LogP contribution in [0.2, 0.25) is 5.02 Å². The molecular formula is C17H23ClN2O4S. The van der Waals surface area contributed by atoms with E-state index in [9.17, 15) is 18.0 Å². The Morgan fingerprint density at radius 1 is 1.04 bits per heavy atom. The maximum atomic E-state index is 12.3. The number of sulfone groups is 1. The van der Waals surface area contributed by atoms with Crippen LogP contribution in [0, 0.1) is 5.92 Å². The Morgan fingerprint density at radius 2 is 1.56 bits per heavy atom. The molecule has 25 heavy (non-hydrogen) atoms. The lowest BCUT2D eigenvalue weighted by molar-refractivity contribution is -0.141. The number of carbonyl (C=O) groups is 2. The van der Waals surface area contributed by atoms with Crippen LogP contribution in [0.3, 0.4) is 0 Å². The highest BCUT2D eigenvalue weighted by atomic mass is 35.5. The first-order valence-electron chi connectivity index (χ1n) is 8.25. The maximum Gasteiger partial charge on any atom is 0.225 e. The molecule has 2 amide bonds. The number of nitrogens with zero attached hydrogens (tertiary/aromatic N) is 2. The molecular weight excluding hydrogens is 364 g/mol. The maximum absolute atomic E-state index is 12.3. The summed E-state index contributed by atoms with van der Waals surface area (Å²) in [6, 6.07) is 5.92. The molecule has 1 aromatic rings. The van der Waals surface area contributed by atoms with Crippen molar-refractivity contribution >= 4 is 33.3 Å². The number of hydrogen-bond donors (Lipinski definition) is 0. The number of halogens is 1. The van der Waals surface area contributed by atoms with Crippen molar-refractivity contribution in [3.63, 3.8) is 0 Å². The fourth-order valence-electron chi connectivity index (χ4n) is 2.68. The predicted octanol–water partition coefficient (Wildman–Crippen LogP) is 1.83. The van der Waals surface area contributed by atoms with Gasteiger partial charge in [0.1, 0.15) is 0 Å². The second kappa shape index (κ2) is 8.19. The highest BCUT2D eigenvalue weighted by Crippen LogP contribution is 2.17. The van der Waals surface area contributed by atoms with Crippen molar-refractivity contribution in [1.82, 2.24) is 9.80 Å². The fraction of sp³-hybridized carbons (Fsp3) is 0.529. The first-order chi connectivity index (χ1) is 11.7. The third kappa shape index (κ3) is 5.19. The summed E-state index contributed by atoms with van der Waals surface area (Å²) < 4.78 is 24.6. The van der Waals surface area contributed by atoms with Crippen molar-refractivity contribution in [3.05, 3.63) is 29.3 Å². The summed E-state index contributed by atoms with van der Waals surface area (Å²) in [5.74, 6) is -0.420. The molecule has 1 heterocycles. The van der Waals surface area contributed by atoms with Gasteiger partial charge in [-0.25, -0.2) is 8.42 Å². The molecule has 0 bridgehead atoms. The minimum Gasteiger partial charge on any atom is -0.339 e. The van der Waals surface area contributed by atoms with Crippen molar-refractivity contribution in [3.8, 4) is 0 Å². The van der Waals surface area contributed by atoms with E-state index in [1.54, 1.807) is 9.80 Å². The van der Waals surface area contributed by atoms with Crippen LogP contribution in [0.5, 0.6) is 0 Å². The molecule has 0 saturated carbocycles. The molecule has 1 aromatic carbocycles. The Morgan fingerprint density at radius 3 is 2.08 bits per heavy atom. The summed E-state index contributed by atoms with van der Waals surface area (Å²) >= 11 is 5.76. The van der Waals surface area contributed by atoms with Crippen LogP contribution in [-0.2, 0) is 19.4 Å². The lowest BCUT2D eigenvalue weighted by Gasteiger charge is -2.35. The second-order valence-electron chi connectivity index (χ2n) is 6.38. The highest BCUT2D eigenvalue weighted by Gasteiger charge is 2.26. The van der Waals surface area contributed by atoms with Gasteiger partial charge in [-0.15, -0.1) is 0 Å². The van der Waals surface area contributed by atoms with E-state index >= 15 is 0 Å². The van der Waals surface area contributed by atoms with E-state index in [4.69, 9.17) is 11.6 Å². The van der Waals surface area contributed by atoms with E-state index in [2.05, 4.69) is 0 Å². The van der Waals surface area contributed by atoms with Gasteiger partial charge in [-0.1, -0.05) is 25.4 Å². The average molecular weight is 387 g/mol. The molecule has 2 rings (SSSR count). The molecule has 6 nitrogen and oxygen atoms in total. The van der Waals surface area contributed by atoms with Gasteiger partial charge in [0.15, 0.2) is 9.84 Å². The molecule has 1 aliphatic heterocycles. The van der Waals surface area contributed by atoms with Gasteiger partial charge in [0.25, 0.3) is 0 Å². The summed E-state index contributed by atoms with van der Waals surface area (Å²) in [7, 11) is -3.52. The Bertz CT molecular complexity index is 724. The molecule has 1 aliphatic rings. The molecule has 138 valence electrons. The lowest BCUT2D eigenvalue weighted by atomic mass is 10.1. The predicted molar refractivity (Wildman–Crippen MR) is 96.1 cm³/mol. The Kier molecular flexibility index (Phi) is 6.46. The van der Waals surface area contributed by atoms with Gasteiger partial charge in [0.2, 0.25) is 11.8 Å². The molecule has 1 saturated heterocycles. The number of piperazine rings is 1. The molecule has 1 fully saturated rings. The summed E-state index contributed by atoms with van der Waals surface area (Å²) in [6.07, 6.45) is -0.0664. The van der Waals surface area contributed by atoms with Crippen molar-refractivity contribution in [1.29, 1.82) is 0 Å². The quantitative estimate of drug-likeness (QED) is 0.773. The highest BCUT2D eigenvalue weighted by molar-refractivity contribution is 7.91. The van der Waals surface area contributed by atoms with E-state index in [-0.39, 0.29) is 34.8 Å². The third-order valence-corrected chi connectivity index (χ3v) is 6.18. The fourth-order valence-corrected chi connectivity index (χ4v) is 4.04. The molecule has 0 aromatic heterocycles. The molecule has 8 heteroatoms. The van der Waals surface area contributed by atoms with Crippen LogP contribution in [0.25, 0.3) is 0 Å². The van der Waals surface area contributed by atoms with Gasteiger partial charge >= 0.3 is 0 Å². The number of benzene rings is 1. The summed E-state index contributed by atoms with van der Waals surface area (Å²) in [5, 5.41) is 0.462. The SMILES string of the molecule is CC(C)C(=O)N1CCN(C(=O)CCS(=O)(=O)c2ccc(Cl)cc2)CC1. The molecule has 0 unspecified atom stereocenters. The van der Waals surface area contributed by atoms with Crippen molar-refractivity contribution in [2.24, 2.45) is 5.92 Å². The lowest BCUT2D eigenvalue weighted by Crippen LogP contribution is -2.51. The van der Waals surface area contributed by atoms with E-state index in [0.717, 1.165) is 0 Å². The van der Waals surface area contributed by atoms with Gasteiger partial charge in [-0.3, -0.25) is 9.59 Å². The first kappa shape index (κ1) is 19.7. The van der Waals surface area contributed by atoms with Crippen molar-refractivity contribution in [2.75, 3.05) is 31.9 Å². The monoisotopic (exact) mass is 386 g/mol. The minimum atomic E-state index is -3.52. The molecule has 0 aliphatic carbocycles. The molecule has 0 radical (unpaired) electrons. The summed E-state index contributed by atoms with van der Waals surface area (Å²) in [5.41, 5.74) is 0. The zero-order valence-electron chi connectivity index (χ0n) is 14.4. The van der Waals surface area contributed by atoms with Gasteiger partial charge in [-0.2, -0.15) is 0 Å². The standard InChI is InChI=1S/C17H23ClN2O4S/c1-13(2)17(22)20-10-8-19(9-11-20)16(21)7-12-25(23,24)15-5-3-14(18)4-6-15/h3-6,13H,7-12H2,1-2H3. The normalized spacial score (nSPS) is 15.5. The Hall–Kier alpha value is -1.60. The Labute approximate surface area is 153 Å². The number of amides is 2. The van der Waals surface area contributed by atoms with Crippen LogP contribution < -0.4 is 0 Å². The summed E-state index contributed by atoms with van der Waals surface area (Å²) in [6.45, 7) is 5.57. The van der Waals surface area contributed by atoms with E-state index < -0.39 is 9.84 Å². The van der Waals surface area contributed by atoms with Crippen LogP contribution >= 0.6 is 11.6 Å². The van der Waals surface area contributed by atoms with Crippen molar-refractivity contribution in [2.45, 2.75) is 25.2 Å². The van der Waals surface area contributed by atoms with Gasteiger partial charge in [0.05, 0.1) is 10.6 Å². The van der Waals surface area contributed by atoms with Crippen molar-refractivity contribution < 1.29 is 18.0 Å². The van der Waals surface area contributed by atoms with Gasteiger partial charge < -0.3 is 9.80 Å². The number of carbonyl (C=O) groups excluding carboxylic acids is 2. The third-order valence-electron chi connectivity index (χ3n) is 4.20. The van der Waals surface area contributed by atoms with E-state index in [1.807, 2.05) is 13.8 Å². The zero-order valence-corrected chi connectivity index (χ0v) is 16.0. The first-order valence-corrected chi connectivity index (χ1v) is 10.3. The van der Waals surface area contributed by atoms with E-state index in [1.165, 1.54) is 24.3 Å². The number of rotatable bonds is 5. The minimum absolute atomic E-state index is 0.0632. The van der Waals surface area contributed by atoms with Gasteiger partial charge in [0, 0.05) is 43.5 Å². The second-order valence-corrected chi connectivity index (χ2v) is 8.93. The molecule has 0 spiro atoms. The zero-order chi connectivity index (χ0) is 18.6. The van der Waals surface area contributed by atoms with Crippen LogP contribution in [0.15, 0.2) is 29.2 Å².